The lowest BCUT2D eigenvalue weighted by Gasteiger charge is -2.13. The van der Waals surface area contributed by atoms with Crippen molar-refractivity contribution in [3.63, 3.8) is 0 Å². The quantitative estimate of drug-likeness (QED) is 0.241. The van der Waals surface area contributed by atoms with Crippen molar-refractivity contribution in [3.8, 4) is 0 Å². The van der Waals surface area contributed by atoms with Gasteiger partial charge in [-0.25, -0.2) is 0 Å². The van der Waals surface area contributed by atoms with Gasteiger partial charge in [-0.15, -0.1) is 0 Å². The zero-order valence-corrected chi connectivity index (χ0v) is 14.0. The number of rotatable bonds is 1. The van der Waals surface area contributed by atoms with Gasteiger partial charge in [-0.3, -0.25) is 0 Å². The minimum absolute atomic E-state index is 0.149. The smallest absolute Gasteiger partial charge is 0.0822 e. The summed E-state index contributed by atoms with van der Waals surface area (Å²) in [5.74, 6) is 0. The Morgan fingerprint density at radius 3 is 1.64 bits per heavy atom. The molecule has 0 saturated heterocycles. The van der Waals surface area contributed by atoms with Crippen LogP contribution in [-0.2, 0) is 0 Å². The predicted molar refractivity (Wildman–Crippen MR) is 74.8 cm³/mol. The Hall–Kier alpha value is 1.82. The van der Waals surface area contributed by atoms with Crippen molar-refractivity contribution in [1.82, 2.24) is 0 Å². The van der Waals surface area contributed by atoms with E-state index in [0.717, 1.165) is 0 Å². The van der Waals surface area contributed by atoms with E-state index in [9.17, 15) is 0 Å². The lowest BCUT2D eigenvalue weighted by molar-refractivity contribution is 1.39. The summed E-state index contributed by atoms with van der Waals surface area (Å²) in [5.41, 5.74) is 0.714. The van der Waals surface area contributed by atoms with Gasteiger partial charge in [-0.1, -0.05) is 78.3 Å². The first kappa shape index (κ1) is 13.9. The van der Waals surface area contributed by atoms with E-state index in [-0.39, 0.29) is 13.8 Å². The van der Waals surface area contributed by atoms with Crippen LogP contribution in [0.4, 0.5) is 0 Å². The molecule has 0 aliphatic carbocycles. The molecule has 0 amide bonds. The molecular formula is C7HBr3Cl4. The summed E-state index contributed by atoms with van der Waals surface area (Å²) in [6.07, 6.45) is 0. The van der Waals surface area contributed by atoms with Crippen molar-refractivity contribution in [2.45, 2.75) is 3.74 Å². The molecule has 14 heavy (non-hydrogen) atoms. The Morgan fingerprint density at radius 1 is 0.786 bits per heavy atom. The highest BCUT2D eigenvalue weighted by Crippen LogP contribution is 2.49. The van der Waals surface area contributed by atoms with Crippen molar-refractivity contribution in [1.29, 1.82) is 0 Å². The molecule has 1 rings (SSSR count). The van der Waals surface area contributed by atoms with Crippen LogP contribution in [0.15, 0.2) is 4.47 Å². The van der Waals surface area contributed by atoms with Crippen LogP contribution in [0.3, 0.4) is 0 Å². The molecule has 78 valence electrons. The van der Waals surface area contributed by atoms with Crippen LogP contribution in [0.25, 0.3) is 0 Å². The van der Waals surface area contributed by atoms with Crippen LogP contribution in [0.1, 0.15) is 9.30 Å². The Kier molecular flexibility index (Phi) is 5.39. The van der Waals surface area contributed by atoms with Crippen molar-refractivity contribution in [2.24, 2.45) is 0 Å². The van der Waals surface area contributed by atoms with E-state index in [1.165, 1.54) is 0 Å². The Morgan fingerprint density at radius 2 is 1.21 bits per heavy atom. The highest BCUT2D eigenvalue weighted by atomic mass is 79.9. The average molecular weight is 467 g/mol. The molecule has 0 radical (unpaired) electrons. The second-order valence-corrected chi connectivity index (χ2v) is 7.65. The van der Waals surface area contributed by atoms with Gasteiger partial charge in [0.15, 0.2) is 0 Å². The monoisotopic (exact) mass is 462 g/mol. The van der Waals surface area contributed by atoms with Gasteiger partial charge in [0.1, 0.15) is 0 Å². The van der Waals surface area contributed by atoms with Crippen molar-refractivity contribution in [2.75, 3.05) is 0 Å². The molecule has 0 aromatic heterocycles. The molecule has 1 aromatic carbocycles. The van der Waals surface area contributed by atoms with Crippen LogP contribution in [0.2, 0.25) is 20.1 Å². The van der Waals surface area contributed by atoms with E-state index in [4.69, 9.17) is 46.4 Å². The summed E-state index contributed by atoms with van der Waals surface area (Å²) in [5, 5.41) is 1.21. The first-order valence-corrected chi connectivity index (χ1v) is 7.31. The minimum atomic E-state index is -0.149. The van der Waals surface area contributed by atoms with E-state index < -0.39 is 0 Å². The number of halogens is 7. The third-order valence-electron chi connectivity index (χ3n) is 1.46. The number of benzene rings is 1. The normalized spacial score (nSPS) is 11.1. The Balaban J connectivity index is 3.60. The molecule has 0 nitrogen and oxygen atoms in total. The summed E-state index contributed by atoms with van der Waals surface area (Å²) in [4.78, 5) is 0. The fourth-order valence-electron chi connectivity index (χ4n) is 0.813. The zero-order chi connectivity index (χ0) is 11.0. The number of hydrogen-bond acceptors (Lipinski definition) is 0. The molecule has 0 bridgehead atoms. The van der Waals surface area contributed by atoms with E-state index in [1.54, 1.807) is 0 Å². The van der Waals surface area contributed by atoms with Gasteiger partial charge < -0.3 is 0 Å². The third-order valence-corrected chi connectivity index (χ3v) is 5.25. The first-order valence-electron chi connectivity index (χ1n) is 3.17. The maximum absolute atomic E-state index is 6.01. The maximum atomic E-state index is 6.01. The Labute approximate surface area is 127 Å². The largest absolute Gasteiger partial charge is 0.0972 e. The molecule has 0 saturated carbocycles. The number of alkyl halides is 2. The second-order valence-electron chi connectivity index (χ2n) is 2.28. The fourth-order valence-corrected chi connectivity index (χ4v) is 4.44. The second kappa shape index (κ2) is 5.44. The van der Waals surface area contributed by atoms with Crippen LogP contribution in [-0.4, -0.2) is 0 Å². The van der Waals surface area contributed by atoms with Gasteiger partial charge >= 0.3 is 0 Å². The maximum Gasteiger partial charge on any atom is 0.0972 e. The van der Waals surface area contributed by atoms with Crippen molar-refractivity contribution >= 4 is 94.2 Å². The molecule has 0 N–H and O–H groups in total. The van der Waals surface area contributed by atoms with Crippen LogP contribution < -0.4 is 0 Å². The molecule has 0 fully saturated rings. The fraction of sp³-hybridized carbons (Fsp3) is 0.143. The SMILES string of the molecule is Clc1c(Cl)c(Cl)c(C(Br)Br)c(Br)c1Cl. The van der Waals surface area contributed by atoms with Gasteiger partial charge in [0.25, 0.3) is 0 Å². The van der Waals surface area contributed by atoms with E-state index in [0.29, 0.717) is 20.1 Å². The van der Waals surface area contributed by atoms with Crippen LogP contribution in [0, 0.1) is 0 Å². The van der Waals surface area contributed by atoms with Gasteiger partial charge in [-0.05, 0) is 15.9 Å². The van der Waals surface area contributed by atoms with Gasteiger partial charge in [-0.2, -0.15) is 0 Å². The third kappa shape index (κ3) is 2.55. The number of hydrogen-bond donors (Lipinski definition) is 0. The van der Waals surface area contributed by atoms with Crippen molar-refractivity contribution in [3.05, 3.63) is 30.1 Å². The van der Waals surface area contributed by atoms with Crippen molar-refractivity contribution < 1.29 is 0 Å². The molecular weight excluding hydrogens is 466 g/mol. The van der Waals surface area contributed by atoms with Gasteiger partial charge in [0.05, 0.1) is 23.8 Å². The predicted octanol–water partition coefficient (Wildman–Crippen LogP) is 6.85. The topological polar surface area (TPSA) is 0 Å². The molecule has 0 heterocycles. The van der Waals surface area contributed by atoms with E-state index in [2.05, 4.69) is 47.8 Å². The molecule has 0 unspecified atom stereocenters. The highest BCUT2D eigenvalue weighted by molar-refractivity contribution is 9.24. The van der Waals surface area contributed by atoms with E-state index >= 15 is 0 Å². The first-order chi connectivity index (χ1) is 6.37. The molecule has 0 aliphatic rings. The summed E-state index contributed by atoms with van der Waals surface area (Å²) in [7, 11) is 0. The van der Waals surface area contributed by atoms with Crippen LogP contribution in [0.5, 0.6) is 0 Å². The molecule has 1 aromatic rings. The lowest BCUT2D eigenvalue weighted by Crippen LogP contribution is -1.89. The molecule has 7 heteroatoms. The molecule has 0 spiro atoms. The molecule has 0 atom stereocenters. The van der Waals surface area contributed by atoms with Crippen LogP contribution >= 0.6 is 94.2 Å². The molecule has 0 aliphatic heterocycles. The summed E-state index contributed by atoms with van der Waals surface area (Å²) in [6, 6.07) is 0. The van der Waals surface area contributed by atoms with E-state index in [1.807, 2.05) is 0 Å². The minimum Gasteiger partial charge on any atom is -0.0822 e. The standard InChI is InChI=1S/C7HBr3Cl4/c8-2-1(7(9)10)3(11)5(13)6(14)4(2)12/h7H. The Bertz CT molecular complexity index is 349. The summed E-state index contributed by atoms with van der Waals surface area (Å²) < 4.78 is 0.474. The summed E-state index contributed by atoms with van der Waals surface area (Å²) in [6.45, 7) is 0. The highest BCUT2D eigenvalue weighted by Gasteiger charge is 2.21. The summed E-state index contributed by atoms with van der Waals surface area (Å²) >= 11 is 33.6. The van der Waals surface area contributed by atoms with Gasteiger partial charge in [0.2, 0.25) is 0 Å². The lowest BCUT2D eigenvalue weighted by atomic mass is 10.2. The zero-order valence-electron chi connectivity index (χ0n) is 6.22. The van der Waals surface area contributed by atoms with Gasteiger partial charge in [0, 0.05) is 10.0 Å². The average Bonchev–Trinajstić information content (AvgIpc) is 2.11.